The molecule has 0 atom stereocenters. The Bertz CT molecular complexity index is 940. The van der Waals surface area contributed by atoms with Gasteiger partial charge >= 0.3 is 0 Å². The monoisotopic (exact) mass is 355 g/mol. The number of amides is 1. The second-order valence-electron chi connectivity index (χ2n) is 6.39. The van der Waals surface area contributed by atoms with Crippen molar-refractivity contribution in [2.24, 2.45) is 7.05 Å². The van der Waals surface area contributed by atoms with E-state index in [0.29, 0.717) is 31.0 Å². The number of rotatable bonds is 4. The third kappa shape index (κ3) is 3.15. The van der Waals surface area contributed by atoms with Gasteiger partial charge in [0.1, 0.15) is 11.5 Å². The van der Waals surface area contributed by atoms with Crippen LogP contribution in [0.4, 0.5) is 5.95 Å². The van der Waals surface area contributed by atoms with Crippen LogP contribution < -0.4 is 10.2 Å². The maximum Gasteiger partial charge on any atom is 0.251 e. The van der Waals surface area contributed by atoms with Crippen LogP contribution in [0.15, 0.2) is 28.8 Å². The Hall–Kier alpha value is -2.87. The highest BCUT2D eigenvalue weighted by molar-refractivity contribution is 5.97. The number of anilines is 1. The standard InChI is InChI=1S/C18H21N5O3/c1-12-9-14(21-26-12)11-19-17(24)13-3-4-16-15(10-13)20-18(22(16)2)23-5-7-25-8-6-23/h3-4,9-10H,5-8,11H2,1-2H3,(H,19,24). The number of aryl methyl sites for hydroxylation is 2. The minimum Gasteiger partial charge on any atom is -0.378 e. The molecule has 4 rings (SSSR count). The van der Waals surface area contributed by atoms with Crippen LogP contribution in [0.1, 0.15) is 21.8 Å². The van der Waals surface area contributed by atoms with E-state index in [2.05, 4.69) is 19.9 Å². The fraction of sp³-hybridized carbons (Fsp3) is 0.389. The summed E-state index contributed by atoms with van der Waals surface area (Å²) in [5.41, 5.74) is 3.07. The van der Waals surface area contributed by atoms with Gasteiger partial charge in [0.05, 0.1) is 30.8 Å². The molecule has 0 unspecified atom stereocenters. The molecule has 0 spiro atoms. The van der Waals surface area contributed by atoms with Gasteiger partial charge in [-0.3, -0.25) is 4.79 Å². The zero-order chi connectivity index (χ0) is 18.1. The molecule has 0 bridgehead atoms. The van der Waals surface area contributed by atoms with Crippen molar-refractivity contribution in [3.05, 3.63) is 41.3 Å². The number of benzene rings is 1. The van der Waals surface area contributed by atoms with E-state index in [1.807, 2.05) is 32.2 Å². The van der Waals surface area contributed by atoms with Crippen LogP contribution in [0, 0.1) is 6.92 Å². The predicted molar refractivity (Wildman–Crippen MR) is 96.2 cm³/mol. The molecule has 1 N–H and O–H groups in total. The normalized spacial score (nSPS) is 14.8. The Balaban J connectivity index is 1.53. The number of hydrogen-bond donors (Lipinski definition) is 1. The number of morpholine rings is 1. The Labute approximate surface area is 150 Å². The maximum absolute atomic E-state index is 12.4. The lowest BCUT2D eigenvalue weighted by molar-refractivity contribution is 0.0950. The van der Waals surface area contributed by atoms with E-state index in [-0.39, 0.29) is 5.91 Å². The number of fused-ring (bicyclic) bond motifs is 1. The molecule has 0 saturated carbocycles. The van der Waals surface area contributed by atoms with E-state index in [4.69, 9.17) is 14.2 Å². The summed E-state index contributed by atoms with van der Waals surface area (Å²) in [6, 6.07) is 7.37. The number of nitrogens with zero attached hydrogens (tertiary/aromatic N) is 4. The molecule has 3 heterocycles. The van der Waals surface area contributed by atoms with E-state index < -0.39 is 0 Å². The second-order valence-corrected chi connectivity index (χ2v) is 6.39. The van der Waals surface area contributed by atoms with Crippen molar-refractivity contribution in [3.8, 4) is 0 Å². The molecule has 3 aromatic rings. The zero-order valence-electron chi connectivity index (χ0n) is 14.9. The molecule has 1 amide bonds. The van der Waals surface area contributed by atoms with Gasteiger partial charge in [0.25, 0.3) is 5.91 Å². The molecule has 0 radical (unpaired) electrons. The lowest BCUT2D eigenvalue weighted by Gasteiger charge is -2.27. The summed E-state index contributed by atoms with van der Waals surface area (Å²) in [7, 11) is 1.99. The zero-order valence-corrected chi connectivity index (χ0v) is 14.9. The van der Waals surface area contributed by atoms with Crippen molar-refractivity contribution in [2.45, 2.75) is 13.5 Å². The van der Waals surface area contributed by atoms with Crippen molar-refractivity contribution in [1.82, 2.24) is 20.0 Å². The highest BCUT2D eigenvalue weighted by Gasteiger charge is 2.18. The van der Waals surface area contributed by atoms with Crippen molar-refractivity contribution in [1.29, 1.82) is 0 Å². The van der Waals surface area contributed by atoms with Crippen molar-refractivity contribution < 1.29 is 14.1 Å². The smallest absolute Gasteiger partial charge is 0.251 e. The van der Waals surface area contributed by atoms with Crippen LogP contribution in [-0.4, -0.2) is 46.9 Å². The Kier molecular flexibility index (Phi) is 4.34. The van der Waals surface area contributed by atoms with Crippen LogP contribution in [0.3, 0.4) is 0 Å². The molecule has 1 aliphatic heterocycles. The number of aromatic nitrogens is 3. The highest BCUT2D eigenvalue weighted by atomic mass is 16.5. The molecule has 136 valence electrons. The van der Waals surface area contributed by atoms with E-state index in [1.54, 1.807) is 6.07 Å². The second kappa shape index (κ2) is 6.80. The van der Waals surface area contributed by atoms with Crippen LogP contribution in [-0.2, 0) is 18.3 Å². The van der Waals surface area contributed by atoms with E-state index in [0.717, 1.165) is 35.8 Å². The Morgan fingerprint density at radius 2 is 2.08 bits per heavy atom. The van der Waals surface area contributed by atoms with Gasteiger partial charge < -0.3 is 24.0 Å². The van der Waals surface area contributed by atoms with Gasteiger partial charge in [-0.1, -0.05) is 5.16 Å². The molecule has 2 aromatic heterocycles. The summed E-state index contributed by atoms with van der Waals surface area (Å²) < 4.78 is 12.5. The molecule has 26 heavy (non-hydrogen) atoms. The number of carbonyl (C=O) groups is 1. The fourth-order valence-corrected chi connectivity index (χ4v) is 3.15. The first kappa shape index (κ1) is 16.6. The molecule has 8 heteroatoms. The average Bonchev–Trinajstić information content (AvgIpc) is 3.23. The predicted octanol–water partition coefficient (Wildman–Crippen LogP) is 1.64. The van der Waals surface area contributed by atoms with Gasteiger partial charge in [-0.15, -0.1) is 0 Å². The van der Waals surface area contributed by atoms with E-state index >= 15 is 0 Å². The molecule has 1 aliphatic rings. The Morgan fingerprint density at radius 3 is 2.81 bits per heavy atom. The topological polar surface area (TPSA) is 85.4 Å². The SMILES string of the molecule is Cc1cc(CNC(=O)c2ccc3c(c2)nc(N2CCOCC2)n3C)no1. The average molecular weight is 355 g/mol. The summed E-state index contributed by atoms with van der Waals surface area (Å²) in [5, 5.41) is 6.73. The lowest BCUT2D eigenvalue weighted by Crippen LogP contribution is -2.37. The molecular formula is C18H21N5O3. The summed E-state index contributed by atoms with van der Waals surface area (Å²) in [4.78, 5) is 19.4. The molecule has 0 aliphatic carbocycles. The van der Waals surface area contributed by atoms with Gasteiger partial charge in [0, 0.05) is 31.8 Å². The summed E-state index contributed by atoms with van der Waals surface area (Å²) >= 11 is 0. The van der Waals surface area contributed by atoms with Gasteiger partial charge in [0.15, 0.2) is 0 Å². The summed E-state index contributed by atoms with van der Waals surface area (Å²) in [5.74, 6) is 1.46. The molecule has 8 nitrogen and oxygen atoms in total. The largest absolute Gasteiger partial charge is 0.378 e. The van der Waals surface area contributed by atoms with Crippen LogP contribution in [0.25, 0.3) is 11.0 Å². The quantitative estimate of drug-likeness (QED) is 0.766. The third-order valence-corrected chi connectivity index (χ3v) is 4.52. The van der Waals surface area contributed by atoms with E-state index in [9.17, 15) is 4.79 Å². The summed E-state index contributed by atoms with van der Waals surface area (Å²) in [6.45, 7) is 5.20. The van der Waals surface area contributed by atoms with Gasteiger partial charge in [-0.05, 0) is 25.1 Å². The number of nitrogens with one attached hydrogen (secondary N) is 1. The first-order valence-corrected chi connectivity index (χ1v) is 8.61. The first-order valence-electron chi connectivity index (χ1n) is 8.61. The van der Waals surface area contributed by atoms with Crippen LogP contribution >= 0.6 is 0 Å². The third-order valence-electron chi connectivity index (χ3n) is 4.52. The first-order chi connectivity index (χ1) is 12.6. The maximum atomic E-state index is 12.4. The molecule has 1 saturated heterocycles. The van der Waals surface area contributed by atoms with Crippen molar-refractivity contribution >= 4 is 22.9 Å². The summed E-state index contributed by atoms with van der Waals surface area (Å²) in [6.07, 6.45) is 0. The highest BCUT2D eigenvalue weighted by Crippen LogP contribution is 2.23. The Morgan fingerprint density at radius 1 is 1.27 bits per heavy atom. The van der Waals surface area contributed by atoms with Crippen molar-refractivity contribution in [2.75, 3.05) is 31.2 Å². The van der Waals surface area contributed by atoms with Crippen molar-refractivity contribution in [3.63, 3.8) is 0 Å². The molecule has 1 aromatic carbocycles. The number of carbonyl (C=O) groups excluding carboxylic acids is 1. The minimum absolute atomic E-state index is 0.161. The fourth-order valence-electron chi connectivity index (χ4n) is 3.15. The minimum atomic E-state index is -0.161. The number of imidazole rings is 1. The van der Waals surface area contributed by atoms with Crippen LogP contribution in [0.2, 0.25) is 0 Å². The molecular weight excluding hydrogens is 334 g/mol. The number of ether oxygens (including phenoxy) is 1. The molecule has 1 fully saturated rings. The van der Waals surface area contributed by atoms with Crippen LogP contribution in [0.5, 0.6) is 0 Å². The lowest BCUT2D eigenvalue weighted by atomic mass is 10.2. The van der Waals surface area contributed by atoms with Gasteiger partial charge in [0.2, 0.25) is 5.95 Å². The number of hydrogen-bond acceptors (Lipinski definition) is 6. The van der Waals surface area contributed by atoms with E-state index in [1.165, 1.54) is 0 Å². The van der Waals surface area contributed by atoms with Gasteiger partial charge in [-0.2, -0.15) is 0 Å². The van der Waals surface area contributed by atoms with Gasteiger partial charge in [-0.25, -0.2) is 4.98 Å².